The Bertz CT molecular complexity index is 842. The SMILES string of the molecule is Cc1cccc(-c2cc(C)c(C(C)(C)C)c(C(C)(C)C)c2)c1.O=P([O-])([O-])[O-].[Na+].[Na+].[Na+]. The van der Waals surface area contributed by atoms with Gasteiger partial charge in [0.05, 0.1) is 0 Å². The normalized spacial score (nSPS) is 11.2. The summed E-state index contributed by atoms with van der Waals surface area (Å²) < 4.78 is 8.55. The van der Waals surface area contributed by atoms with Crippen LogP contribution in [0.25, 0.3) is 11.1 Å². The molecular weight excluding hydrogens is 428 g/mol. The molecule has 2 aromatic rings. The summed E-state index contributed by atoms with van der Waals surface area (Å²) in [6.07, 6.45) is 0. The number of benzene rings is 2. The van der Waals surface area contributed by atoms with E-state index in [0.29, 0.717) is 0 Å². The number of phosphoric acid groups is 1. The Morgan fingerprint density at radius 1 is 0.733 bits per heavy atom. The second-order valence-corrected chi connectivity index (χ2v) is 9.93. The van der Waals surface area contributed by atoms with Crippen LogP contribution in [0.2, 0.25) is 0 Å². The molecule has 0 aliphatic rings. The maximum atomic E-state index is 8.55. The van der Waals surface area contributed by atoms with Crippen LogP contribution in [0.3, 0.4) is 0 Å². The molecule has 0 bridgehead atoms. The molecule has 0 spiro atoms. The van der Waals surface area contributed by atoms with Gasteiger partial charge in [-0.15, -0.1) is 0 Å². The number of rotatable bonds is 1. The maximum absolute atomic E-state index is 8.55. The molecule has 0 fully saturated rings. The second kappa shape index (κ2) is 14.1. The third-order valence-electron chi connectivity index (χ3n) is 4.24. The number of hydrogen-bond donors (Lipinski definition) is 0. The molecule has 8 heteroatoms. The van der Waals surface area contributed by atoms with E-state index in [4.69, 9.17) is 19.2 Å². The third-order valence-corrected chi connectivity index (χ3v) is 4.24. The minimum absolute atomic E-state index is 0. The van der Waals surface area contributed by atoms with Crippen molar-refractivity contribution in [3.63, 3.8) is 0 Å². The van der Waals surface area contributed by atoms with Gasteiger partial charge in [0.25, 0.3) is 0 Å². The molecular formula is C22H30Na3O4P. The van der Waals surface area contributed by atoms with Crippen molar-refractivity contribution in [2.24, 2.45) is 0 Å². The van der Waals surface area contributed by atoms with Crippen LogP contribution in [0.5, 0.6) is 0 Å². The molecule has 150 valence electrons. The first-order valence-electron chi connectivity index (χ1n) is 8.96. The van der Waals surface area contributed by atoms with Crippen LogP contribution in [0, 0.1) is 13.8 Å². The molecule has 0 amide bonds. The monoisotopic (exact) mass is 458 g/mol. The first-order valence-corrected chi connectivity index (χ1v) is 10.4. The van der Waals surface area contributed by atoms with Crippen LogP contribution in [0.1, 0.15) is 63.8 Å². The van der Waals surface area contributed by atoms with Crippen LogP contribution in [-0.2, 0) is 15.4 Å². The van der Waals surface area contributed by atoms with Gasteiger partial charge in [-0.25, -0.2) is 0 Å². The minimum atomic E-state index is -5.39. The van der Waals surface area contributed by atoms with E-state index in [1.807, 2.05) is 0 Å². The molecule has 0 aliphatic carbocycles. The largest absolute Gasteiger partial charge is 1.00 e. The summed E-state index contributed by atoms with van der Waals surface area (Å²) in [6, 6.07) is 13.6. The van der Waals surface area contributed by atoms with E-state index in [-0.39, 0.29) is 99.5 Å². The van der Waals surface area contributed by atoms with Crippen molar-refractivity contribution >= 4 is 7.82 Å². The Morgan fingerprint density at radius 3 is 1.57 bits per heavy atom. The zero-order valence-electron chi connectivity index (χ0n) is 20.5. The molecule has 2 rings (SSSR count). The van der Waals surface area contributed by atoms with Crippen LogP contribution < -0.4 is 103 Å². The molecule has 0 radical (unpaired) electrons. The second-order valence-electron chi connectivity index (χ2n) is 9.03. The fraction of sp³-hybridized carbons (Fsp3) is 0.455. The predicted molar refractivity (Wildman–Crippen MR) is 106 cm³/mol. The first kappa shape index (κ1) is 36.1. The average molecular weight is 458 g/mol. The standard InChI is InChI=1S/C22H30.3Na.H3O4P/c1-15-10-9-11-17(12-15)18-13-16(2)20(22(6,7)8)19(14-18)21(3,4)5;;;;1-5(2,3)4/h9-14H,1-8H3;;;;(H3,1,2,3,4)/q;3*+1;/p-3. The number of aryl methyl sites for hydroxylation is 2. The van der Waals surface area contributed by atoms with Gasteiger partial charge in [0.1, 0.15) is 0 Å². The molecule has 0 saturated heterocycles. The molecule has 0 saturated carbocycles. The summed E-state index contributed by atoms with van der Waals surface area (Å²) in [4.78, 5) is 25.6. The van der Waals surface area contributed by atoms with Gasteiger partial charge in [-0.3, -0.25) is 0 Å². The van der Waals surface area contributed by atoms with Gasteiger partial charge in [-0.1, -0.05) is 83.5 Å². The smallest absolute Gasteiger partial charge is 0.822 e. The molecule has 0 atom stereocenters. The van der Waals surface area contributed by atoms with Crippen molar-refractivity contribution in [1.82, 2.24) is 0 Å². The summed E-state index contributed by atoms with van der Waals surface area (Å²) in [5.41, 5.74) is 8.63. The Balaban J connectivity index is -0.000000819. The summed E-state index contributed by atoms with van der Waals surface area (Å²) >= 11 is 0. The van der Waals surface area contributed by atoms with Crippen molar-refractivity contribution < 1.29 is 108 Å². The van der Waals surface area contributed by atoms with Crippen LogP contribution >= 0.6 is 7.82 Å². The summed E-state index contributed by atoms with van der Waals surface area (Å²) in [5, 5.41) is 0. The van der Waals surface area contributed by atoms with E-state index in [2.05, 4.69) is 91.8 Å². The van der Waals surface area contributed by atoms with E-state index in [0.717, 1.165) is 0 Å². The fourth-order valence-corrected chi connectivity index (χ4v) is 3.37. The third kappa shape index (κ3) is 12.7. The molecule has 0 unspecified atom stereocenters. The zero-order chi connectivity index (χ0) is 21.2. The van der Waals surface area contributed by atoms with Gasteiger partial charge >= 0.3 is 88.7 Å². The summed E-state index contributed by atoms with van der Waals surface area (Å²) in [5.74, 6) is 0. The van der Waals surface area contributed by atoms with Gasteiger partial charge < -0.3 is 19.2 Å². The Morgan fingerprint density at radius 2 is 1.20 bits per heavy atom. The molecule has 4 nitrogen and oxygen atoms in total. The molecule has 0 aromatic heterocycles. The quantitative estimate of drug-likeness (QED) is 0.316. The average Bonchev–Trinajstić information content (AvgIpc) is 2.42. The van der Waals surface area contributed by atoms with Crippen molar-refractivity contribution in [2.45, 2.75) is 66.2 Å². The molecule has 30 heavy (non-hydrogen) atoms. The zero-order valence-corrected chi connectivity index (χ0v) is 27.4. The Hall–Kier alpha value is 1.55. The van der Waals surface area contributed by atoms with Gasteiger partial charge in [0, 0.05) is 0 Å². The molecule has 0 aliphatic heterocycles. The van der Waals surface area contributed by atoms with E-state index in [1.54, 1.807) is 0 Å². The van der Waals surface area contributed by atoms with E-state index in [9.17, 15) is 0 Å². The van der Waals surface area contributed by atoms with Crippen LogP contribution in [0.15, 0.2) is 36.4 Å². The Labute approximate surface area is 248 Å². The summed E-state index contributed by atoms with van der Waals surface area (Å²) in [6.45, 7) is 18.3. The first-order chi connectivity index (χ1) is 12.0. The van der Waals surface area contributed by atoms with Crippen LogP contribution in [0.4, 0.5) is 0 Å². The van der Waals surface area contributed by atoms with Crippen LogP contribution in [-0.4, -0.2) is 0 Å². The summed E-state index contributed by atoms with van der Waals surface area (Å²) in [7, 11) is -5.39. The minimum Gasteiger partial charge on any atom is -0.822 e. The Kier molecular flexibility index (Phi) is 16.9. The van der Waals surface area contributed by atoms with E-state index >= 15 is 0 Å². The van der Waals surface area contributed by atoms with E-state index in [1.165, 1.54) is 33.4 Å². The van der Waals surface area contributed by atoms with Crippen molar-refractivity contribution in [2.75, 3.05) is 0 Å². The van der Waals surface area contributed by atoms with Gasteiger partial charge in [-0.05, 0) is 52.5 Å². The molecule has 2 aromatic carbocycles. The molecule has 0 N–H and O–H groups in total. The van der Waals surface area contributed by atoms with E-state index < -0.39 is 7.82 Å². The predicted octanol–water partition coefficient (Wildman–Crippen LogP) is -5.25. The maximum Gasteiger partial charge on any atom is 1.00 e. The van der Waals surface area contributed by atoms with Crippen molar-refractivity contribution in [1.29, 1.82) is 0 Å². The fourth-order valence-electron chi connectivity index (χ4n) is 3.37. The van der Waals surface area contributed by atoms with Crippen molar-refractivity contribution in [3.05, 3.63) is 58.7 Å². The topological polar surface area (TPSA) is 86.2 Å². The van der Waals surface area contributed by atoms with Gasteiger partial charge in [0.2, 0.25) is 0 Å². The number of hydrogen-bond acceptors (Lipinski definition) is 4. The van der Waals surface area contributed by atoms with Crippen molar-refractivity contribution in [3.8, 4) is 11.1 Å². The van der Waals surface area contributed by atoms with Gasteiger partial charge in [-0.2, -0.15) is 7.82 Å². The van der Waals surface area contributed by atoms with Gasteiger partial charge in [0.15, 0.2) is 0 Å². The molecule has 0 heterocycles.